The molecule has 1 amide bonds. The predicted molar refractivity (Wildman–Crippen MR) is 107 cm³/mol. The molecule has 3 heteroatoms. The number of carbonyl (C=O) groups excluding carboxylic acids is 1. The van der Waals surface area contributed by atoms with E-state index in [-0.39, 0.29) is 5.91 Å². The Morgan fingerprint density at radius 2 is 1.85 bits per heavy atom. The third-order valence-corrected chi connectivity index (χ3v) is 5.41. The number of rotatable bonds is 7. The standard InChI is InChI=1S/C23H29NO2/c1-3-4-16-26-21-13-12-20(17-18(21)2)24-22(25)23(14-8-9-15-23)19-10-6-5-7-11-19/h5-7,10-13,17H,3-4,8-9,14-16H2,1-2H3,(H,24,25). The first-order valence-corrected chi connectivity index (χ1v) is 9.76. The van der Waals surface area contributed by atoms with Crippen molar-refractivity contribution >= 4 is 11.6 Å². The molecule has 0 bridgehead atoms. The molecule has 1 fully saturated rings. The maximum Gasteiger partial charge on any atom is 0.235 e. The van der Waals surface area contributed by atoms with Gasteiger partial charge in [0.2, 0.25) is 5.91 Å². The molecule has 1 saturated carbocycles. The maximum atomic E-state index is 13.2. The van der Waals surface area contributed by atoms with Crippen LogP contribution in [0.25, 0.3) is 0 Å². The third kappa shape index (κ3) is 3.92. The summed E-state index contributed by atoms with van der Waals surface area (Å²) in [6.07, 6.45) is 6.21. The first-order chi connectivity index (χ1) is 12.7. The number of hydrogen-bond donors (Lipinski definition) is 1. The van der Waals surface area contributed by atoms with Crippen molar-refractivity contribution < 1.29 is 9.53 Å². The van der Waals surface area contributed by atoms with Gasteiger partial charge >= 0.3 is 0 Å². The Morgan fingerprint density at radius 3 is 2.50 bits per heavy atom. The van der Waals surface area contributed by atoms with E-state index in [4.69, 9.17) is 4.74 Å². The van der Waals surface area contributed by atoms with E-state index in [1.54, 1.807) is 0 Å². The van der Waals surface area contributed by atoms with Crippen LogP contribution in [-0.4, -0.2) is 12.5 Å². The van der Waals surface area contributed by atoms with E-state index in [9.17, 15) is 4.79 Å². The molecule has 3 nitrogen and oxygen atoms in total. The van der Waals surface area contributed by atoms with Crippen LogP contribution in [0.3, 0.4) is 0 Å². The summed E-state index contributed by atoms with van der Waals surface area (Å²) < 4.78 is 5.81. The topological polar surface area (TPSA) is 38.3 Å². The predicted octanol–water partition coefficient (Wildman–Crippen LogP) is 5.62. The van der Waals surface area contributed by atoms with Crippen LogP contribution in [0.5, 0.6) is 5.75 Å². The van der Waals surface area contributed by atoms with E-state index in [0.717, 1.165) is 67.7 Å². The highest BCUT2D eigenvalue weighted by Crippen LogP contribution is 2.42. The number of ether oxygens (including phenoxy) is 1. The molecule has 1 aliphatic rings. The lowest BCUT2D eigenvalue weighted by atomic mass is 9.78. The molecule has 0 aliphatic heterocycles. The van der Waals surface area contributed by atoms with Gasteiger partial charge in [0.25, 0.3) is 0 Å². The van der Waals surface area contributed by atoms with Crippen LogP contribution in [0, 0.1) is 6.92 Å². The first kappa shape index (κ1) is 18.5. The largest absolute Gasteiger partial charge is 0.493 e. The van der Waals surface area contributed by atoms with Crippen LogP contribution < -0.4 is 10.1 Å². The molecule has 1 N–H and O–H groups in total. The van der Waals surface area contributed by atoms with Gasteiger partial charge in [-0.05, 0) is 55.5 Å². The molecule has 0 atom stereocenters. The van der Waals surface area contributed by atoms with Crippen molar-refractivity contribution in [2.75, 3.05) is 11.9 Å². The Hall–Kier alpha value is -2.29. The Kier molecular flexibility index (Phi) is 5.97. The van der Waals surface area contributed by atoms with E-state index in [2.05, 4.69) is 24.4 Å². The molecule has 0 unspecified atom stereocenters. The average molecular weight is 351 g/mol. The molecule has 138 valence electrons. The highest BCUT2D eigenvalue weighted by atomic mass is 16.5. The van der Waals surface area contributed by atoms with Crippen molar-refractivity contribution in [3.8, 4) is 5.75 Å². The minimum absolute atomic E-state index is 0.111. The van der Waals surface area contributed by atoms with Crippen molar-refractivity contribution in [3.05, 3.63) is 59.7 Å². The van der Waals surface area contributed by atoms with Crippen LogP contribution in [0.2, 0.25) is 0 Å². The van der Waals surface area contributed by atoms with Crippen LogP contribution in [-0.2, 0) is 10.2 Å². The van der Waals surface area contributed by atoms with Gasteiger partial charge in [-0.1, -0.05) is 56.5 Å². The highest BCUT2D eigenvalue weighted by Gasteiger charge is 2.42. The van der Waals surface area contributed by atoms with E-state index in [1.165, 1.54) is 0 Å². The number of hydrogen-bond acceptors (Lipinski definition) is 2. The molecule has 0 radical (unpaired) electrons. The van der Waals surface area contributed by atoms with Crippen molar-refractivity contribution in [3.63, 3.8) is 0 Å². The summed E-state index contributed by atoms with van der Waals surface area (Å²) in [5.41, 5.74) is 2.63. The molecular formula is C23H29NO2. The van der Waals surface area contributed by atoms with Gasteiger partial charge < -0.3 is 10.1 Å². The molecule has 2 aromatic rings. The van der Waals surface area contributed by atoms with Gasteiger partial charge in [0.1, 0.15) is 5.75 Å². The van der Waals surface area contributed by atoms with Gasteiger partial charge in [-0.3, -0.25) is 4.79 Å². The molecule has 0 aromatic heterocycles. The third-order valence-electron chi connectivity index (χ3n) is 5.41. The molecule has 3 rings (SSSR count). The summed E-state index contributed by atoms with van der Waals surface area (Å²) in [6.45, 7) is 4.92. The van der Waals surface area contributed by atoms with Gasteiger partial charge in [0.05, 0.1) is 12.0 Å². The highest BCUT2D eigenvalue weighted by molar-refractivity contribution is 5.99. The Balaban J connectivity index is 1.75. The summed E-state index contributed by atoms with van der Waals surface area (Å²) in [5.74, 6) is 1.01. The summed E-state index contributed by atoms with van der Waals surface area (Å²) in [5, 5.41) is 3.16. The zero-order chi connectivity index (χ0) is 18.4. The SMILES string of the molecule is CCCCOc1ccc(NC(=O)C2(c3ccccc3)CCCC2)cc1C. The normalized spacial score (nSPS) is 15.6. The number of benzene rings is 2. The van der Waals surface area contributed by atoms with Gasteiger partial charge in [0, 0.05) is 5.69 Å². The summed E-state index contributed by atoms with van der Waals surface area (Å²) in [7, 11) is 0. The number of anilines is 1. The van der Waals surface area contributed by atoms with Crippen LogP contribution in [0.4, 0.5) is 5.69 Å². The summed E-state index contributed by atoms with van der Waals surface area (Å²) in [6, 6.07) is 16.1. The second-order valence-electron chi connectivity index (χ2n) is 7.29. The maximum absolute atomic E-state index is 13.2. The zero-order valence-electron chi connectivity index (χ0n) is 15.9. The van der Waals surface area contributed by atoms with Crippen LogP contribution >= 0.6 is 0 Å². The van der Waals surface area contributed by atoms with Crippen molar-refractivity contribution in [2.24, 2.45) is 0 Å². The second kappa shape index (κ2) is 8.39. The number of carbonyl (C=O) groups is 1. The molecule has 26 heavy (non-hydrogen) atoms. The summed E-state index contributed by atoms with van der Waals surface area (Å²) in [4.78, 5) is 13.2. The van der Waals surface area contributed by atoms with E-state index < -0.39 is 5.41 Å². The number of amides is 1. The first-order valence-electron chi connectivity index (χ1n) is 9.76. The van der Waals surface area contributed by atoms with E-state index in [1.807, 2.05) is 43.3 Å². The number of aryl methyl sites for hydroxylation is 1. The Morgan fingerprint density at radius 1 is 1.12 bits per heavy atom. The molecule has 0 saturated heterocycles. The summed E-state index contributed by atoms with van der Waals surface area (Å²) >= 11 is 0. The van der Waals surface area contributed by atoms with Gasteiger partial charge in [-0.2, -0.15) is 0 Å². The van der Waals surface area contributed by atoms with Gasteiger partial charge in [-0.25, -0.2) is 0 Å². The lowest BCUT2D eigenvalue weighted by Gasteiger charge is -2.28. The van der Waals surface area contributed by atoms with Gasteiger partial charge in [-0.15, -0.1) is 0 Å². The average Bonchev–Trinajstić information content (AvgIpc) is 3.16. The van der Waals surface area contributed by atoms with E-state index in [0.29, 0.717) is 0 Å². The Bertz CT molecular complexity index is 733. The molecule has 1 aliphatic carbocycles. The van der Waals surface area contributed by atoms with Crippen LogP contribution in [0.15, 0.2) is 48.5 Å². The zero-order valence-corrected chi connectivity index (χ0v) is 15.9. The Labute approximate surface area is 156 Å². The fourth-order valence-electron chi connectivity index (χ4n) is 3.85. The molecule has 0 heterocycles. The molecular weight excluding hydrogens is 322 g/mol. The number of unbranched alkanes of at least 4 members (excludes halogenated alkanes) is 1. The van der Waals surface area contributed by atoms with Crippen molar-refractivity contribution in [2.45, 2.75) is 57.8 Å². The molecule has 2 aromatic carbocycles. The lowest BCUT2D eigenvalue weighted by Crippen LogP contribution is -2.37. The molecule has 0 spiro atoms. The second-order valence-corrected chi connectivity index (χ2v) is 7.29. The van der Waals surface area contributed by atoms with E-state index >= 15 is 0 Å². The smallest absolute Gasteiger partial charge is 0.235 e. The number of nitrogens with one attached hydrogen (secondary N) is 1. The quantitative estimate of drug-likeness (QED) is 0.657. The van der Waals surface area contributed by atoms with Gasteiger partial charge in [0.15, 0.2) is 0 Å². The lowest BCUT2D eigenvalue weighted by molar-refractivity contribution is -0.121. The minimum Gasteiger partial charge on any atom is -0.493 e. The monoisotopic (exact) mass is 351 g/mol. The fourth-order valence-corrected chi connectivity index (χ4v) is 3.85. The van der Waals surface area contributed by atoms with Crippen molar-refractivity contribution in [1.82, 2.24) is 0 Å². The van der Waals surface area contributed by atoms with Crippen molar-refractivity contribution in [1.29, 1.82) is 0 Å². The minimum atomic E-state index is -0.397. The van der Waals surface area contributed by atoms with Crippen LogP contribution in [0.1, 0.15) is 56.6 Å². The fraction of sp³-hybridized carbons (Fsp3) is 0.435.